The largest absolute Gasteiger partial charge is 0.382 e. The Morgan fingerprint density at radius 2 is 2.19 bits per heavy atom. The van der Waals surface area contributed by atoms with Crippen LogP contribution in [0.5, 0.6) is 0 Å². The molecule has 1 aromatic heterocycles. The van der Waals surface area contributed by atoms with Crippen LogP contribution in [0.2, 0.25) is 0 Å². The van der Waals surface area contributed by atoms with Gasteiger partial charge >= 0.3 is 0 Å². The van der Waals surface area contributed by atoms with E-state index in [0.29, 0.717) is 13.2 Å². The van der Waals surface area contributed by atoms with Gasteiger partial charge in [0.1, 0.15) is 0 Å². The molecule has 1 aromatic rings. The van der Waals surface area contributed by atoms with Gasteiger partial charge in [0.15, 0.2) is 5.96 Å². The van der Waals surface area contributed by atoms with Crippen molar-refractivity contribution in [2.24, 2.45) is 4.99 Å². The lowest BCUT2D eigenvalue weighted by atomic mass is 10.3. The molecule has 1 rings (SSSR count). The molecule has 5 nitrogen and oxygen atoms in total. The van der Waals surface area contributed by atoms with Gasteiger partial charge in [0.2, 0.25) is 0 Å². The molecular formula is C15H27N3O2S. The summed E-state index contributed by atoms with van der Waals surface area (Å²) in [4.78, 5) is 5.93. The number of guanidine groups is 1. The van der Waals surface area contributed by atoms with Crippen molar-refractivity contribution in [3.8, 4) is 0 Å². The van der Waals surface area contributed by atoms with Gasteiger partial charge in [-0.2, -0.15) is 0 Å². The standard InChI is InChI=1S/C15H27N3O2S/c1-3-16-15(17-8-5-10-20-12-11-19-2)18-9-7-14-6-4-13-21-14/h4,6,13H,3,5,7-12H2,1-2H3,(H2,16,17,18). The van der Waals surface area contributed by atoms with Gasteiger partial charge in [-0.05, 0) is 31.2 Å². The second kappa shape index (κ2) is 12.6. The molecule has 6 heteroatoms. The van der Waals surface area contributed by atoms with Crippen LogP contribution in [0.3, 0.4) is 0 Å². The summed E-state index contributed by atoms with van der Waals surface area (Å²) in [6, 6.07) is 4.25. The lowest BCUT2D eigenvalue weighted by molar-refractivity contribution is 0.0702. The first-order valence-corrected chi connectivity index (χ1v) is 8.36. The fourth-order valence-corrected chi connectivity index (χ4v) is 2.41. The molecule has 120 valence electrons. The monoisotopic (exact) mass is 313 g/mol. The van der Waals surface area contributed by atoms with E-state index in [1.807, 2.05) is 0 Å². The van der Waals surface area contributed by atoms with Gasteiger partial charge in [0, 0.05) is 38.2 Å². The smallest absolute Gasteiger partial charge is 0.191 e. The Bertz CT molecular complexity index is 369. The highest BCUT2D eigenvalue weighted by atomic mass is 32.1. The van der Waals surface area contributed by atoms with E-state index in [0.717, 1.165) is 45.0 Å². The van der Waals surface area contributed by atoms with Crippen molar-refractivity contribution >= 4 is 17.3 Å². The van der Waals surface area contributed by atoms with Crippen LogP contribution in [0.1, 0.15) is 18.2 Å². The third kappa shape index (κ3) is 9.44. The van der Waals surface area contributed by atoms with E-state index in [1.165, 1.54) is 4.88 Å². The minimum atomic E-state index is 0.649. The van der Waals surface area contributed by atoms with E-state index < -0.39 is 0 Å². The maximum Gasteiger partial charge on any atom is 0.191 e. The average Bonchev–Trinajstić information content (AvgIpc) is 2.99. The van der Waals surface area contributed by atoms with Crippen molar-refractivity contribution in [3.63, 3.8) is 0 Å². The molecule has 1 heterocycles. The Kier molecular flexibility index (Phi) is 10.8. The number of nitrogens with zero attached hydrogens (tertiary/aromatic N) is 1. The van der Waals surface area contributed by atoms with Crippen molar-refractivity contribution in [2.75, 3.05) is 46.6 Å². The Hall–Kier alpha value is -1.11. The van der Waals surface area contributed by atoms with Gasteiger partial charge in [-0.25, -0.2) is 0 Å². The first-order chi connectivity index (χ1) is 10.4. The van der Waals surface area contributed by atoms with E-state index in [4.69, 9.17) is 9.47 Å². The number of aliphatic imine (C=N–C) groups is 1. The summed E-state index contributed by atoms with van der Waals surface area (Å²) in [6.07, 6.45) is 1.95. The molecule has 0 aliphatic rings. The van der Waals surface area contributed by atoms with Gasteiger partial charge in [-0.1, -0.05) is 6.07 Å². The molecule has 0 aliphatic heterocycles. The normalized spacial score (nSPS) is 11.6. The molecule has 2 N–H and O–H groups in total. The molecule has 0 saturated carbocycles. The molecule has 0 bridgehead atoms. The SMILES string of the molecule is CCNC(=NCCCOCCOC)NCCc1cccs1. The second-order valence-corrected chi connectivity index (χ2v) is 5.51. The van der Waals surface area contributed by atoms with Crippen LogP contribution in [0.4, 0.5) is 0 Å². The van der Waals surface area contributed by atoms with E-state index in [-0.39, 0.29) is 0 Å². The zero-order chi connectivity index (χ0) is 15.2. The van der Waals surface area contributed by atoms with E-state index >= 15 is 0 Å². The van der Waals surface area contributed by atoms with E-state index in [1.54, 1.807) is 18.4 Å². The molecule has 0 aromatic carbocycles. The molecule has 0 fully saturated rings. The molecule has 0 spiro atoms. The molecule has 0 atom stereocenters. The van der Waals surface area contributed by atoms with Gasteiger partial charge in [0.25, 0.3) is 0 Å². The van der Waals surface area contributed by atoms with Crippen LogP contribution in [-0.2, 0) is 15.9 Å². The summed E-state index contributed by atoms with van der Waals surface area (Å²) in [7, 11) is 1.68. The summed E-state index contributed by atoms with van der Waals surface area (Å²) < 4.78 is 10.3. The van der Waals surface area contributed by atoms with Crippen LogP contribution >= 0.6 is 11.3 Å². The number of hydrogen-bond donors (Lipinski definition) is 2. The van der Waals surface area contributed by atoms with Gasteiger partial charge in [-0.3, -0.25) is 4.99 Å². The predicted molar refractivity (Wildman–Crippen MR) is 89.3 cm³/mol. The Morgan fingerprint density at radius 1 is 1.29 bits per heavy atom. The Balaban J connectivity index is 2.13. The summed E-state index contributed by atoms with van der Waals surface area (Å²) in [5.41, 5.74) is 0. The third-order valence-electron chi connectivity index (χ3n) is 2.74. The summed E-state index contributed by atoms with van der Waals surface area (Å²) in [5.74, 6) is 0.881. The maximum atomic E-state index is 5.41. The van der Waals surface area contributed by atoms with Crippen molar-refractivity contribution in [1.82, 2.24) is 10.6 Å². The van der Waals surface area contributed by atoms with Gasteiger partial charge in [-0.15, -0.1) is 11.3 Å². The predicted octanol–water partition coefficient (Wildman–Crippen LogP) is 1.90. The summed E-state index contributed by atoms with van der Waals surface area (Å²) in [5, 5.41) is 8.72. The van der Waals surface area contributed by atoms with Crippen molar-refractivity contribution < 1.29 is 9.47 Å². The van der Waals surface area contributed by atoms with Gasteiger partial charge in [0.05, 0.1) is 13.2 Å². The summed E-state index contributed by atoms with van der Waals surface area (Å²) >= 11 is 1.79. The Morgan fingerprint density at radius 3 is 2.90 bits per heavy atom. The van der Waals surface area contributed by atoms with Crippen LogP contribution in [0, 0.1) is 0 Å². The first-order valence-electron chi connectivity index (χ1n) is 7.48. The van der Waals surface area contributed by atoms with Crippen molar-refractivity contribution in [1.29, 1.82) is 0 Å². The quantitative estimate of drug-likeness (QED) is 0.372. The van der Waals surface area contributed by atoms with Crippen molar-refractivity contribution in [3.05, 3.63) is 22.4 Å². The lowest BCUT2D eigenvalue weighted by Crippen LogP contribution is -2.38. The number of nitrogens with one attached hydrogen (secondary N) is 2. The number of thiophene rings is 1. The first kappa shape index (κ1) is 17.9. The maximum absolute atomic E-state index is 5.41. The highest BCUT2D eigenvalue weighted by Gasteiger charge is 1.98. The zero-order valence-electron chi connectivity index (χ0n) is 13.1. The average molecular weight is 313 g/mol. The topological polar surface area (TPSA) is 54.9 Å². The molecule has 21 heavy (non-hydrogen) atoms. The minimum Gasteiger partial charge on any atom is -0.382 e. The van der Waals surface area contributed by atoms with E-state index in [2.05, 4.69) is 40.1 Å². The lowest BCUT2D eigenvalue weighted by Gasteiger charge is -2.10. The zero-order valence-corrected chi connectivity index (χ0v) is 13.9. The molecule has 0 radical (unpaired) electrons. The molecule has 0 aliphatic carbocycles. The number of ether oxygens (including phenoxy) is 2. The number of hydrogen-bond acceptors (Lipinski definition) is 4. The molecule has 0 saturated heterocycles. The molecular weight excluding hydrogens is 286 g/mol. The number of rotatable bonds is 11. The van der Waals surface area contributed by atoms with Crippen LogP contribution < -0.4 is 10.6 Å². The molecule has 0 unspecified atom stereocenters. The second-order valence-electron chi connectivity index (χ2n) is 4.48. The van der Waals surface area contributed by atoms with Gasteiger partial charge < -0.3 is 20.1 Å². The fraction of sp³-hybridized carbons (Fsp3) is 0.667. The number of methoxy groups -OCH3 is 1. The van der Waals surface area contributed by atoms with Crippen LogP contribution in [0.15, 0.2) is 22.5 Å². The fourth-order valence-electron chi connectivity index (χ4n) is 1.70. The van der Waals surface area contributed by atoms with E-state index in [9.17, 15) is 0 Å². The minimum absolute atomic E-state index is 0.649. The highest BCUT2D eigenvalue weighted by molar-refractivity contribution is 7.09. The van der Waals surface area contributed by atoms with Crippen LogP contribution in [-0.4, -0.2) is 52.5 Å². The third-order valence-corrected chi connectivity index (χ3v) is 3.67. The summed E-state index contributed by atoms with van der Waals surface area (Å²) in [6.45, 7) is 6.63. The molecule has 0 amide bonds. The Labute approximate surface area is 131 Å². The highest BCUT2D eigenvalue weighted by Crippen LogP contribution is 2.07. The van der Waals surface area contributed by atoms with Crippen molar-refractivity contribution in [2.45, 2.75) is 19.8 Å². The van der Waals surface area contributed by atoms with Crippen LogP contribution in [0.25, 0.3) is 0 Å².